The van der Waals surface area contributed by atoms with Crippen molar-refractivity contribution in [3.05, 3.63) is 69.5 Å². The van der Waals surface area contributed by atoms with Gasteiger partial charge in [-0.15, -0.1) is 11.3 Å². The van der Waals surface area contributed by atoms with E-state index in [4.69, 9.17) is 0 Å². The minimum Gasteiger partial charge on any atom is -0.478 e. The third kappa shape index (κ3) is 4.99. The second-order valence-electron chi connectivity index (χ2n) is 4.97. The fourth-order valence-electron chi connectivity index (χ4n) is 2.21. The van der Waals surface area contributed by atoms with Crippen LogP contribution in [0.4, 0.5) is 9.39 Å². The smallest absolute Gasteiger partial charge is 0.339 e. The average molecular weight is 451 g/mol. The number of amides is 1. The Kier molecular flexibility index (Phi) is 7.20. The Bertz CT molecular complexity index is 958. The maximum atomic E-state index is 13.1. The van der Waals surface area contributed by atoms with E-state index in [0.29, 0.717) is 11.1 Å². The van der Waals surface area contributed by atoms with Gasteiger partial charge in [-0.1, -0.05) is 48.0 Å². The highest BCUT2D eigenvalue weighted by Gasteiger charge is 2.22. The van der Waals surface area contributed by atoms with Crippen molar-refractivity contribution in [1.82, 2.24) is 4.98 Å². The van der Waals surface area contributed by atoms with Crippen LogP contribution in [0.5, 0.6) is 0 Å². The fourth-order valence-corrected chi connectivity index (χ4v) is 3.43. The lowest BCUT2D eigenvalue weighted by Gasteiger charge is -2.06. The number of carbonyl (C=O) groups excluding carboxylic acids is 1. The quantitative estimate of drug-likeness (QED) is 0.500. The van der Waals surface area contributed by atoms with Crippen molar-refractivity contribution in [2.75, 3.05) is 5.32 Å². The molecule has 27 heavy (non-hydrogen) atoms. The first kappa shape index (κ1) is 20.7. The van der Waals surface area contributed by atoms with E-state index in [0.717, 1.165) is 21.9 Å². The van der Waals surface area contributed by atoms with E-state index >= 15 is 0 Å². The van der Waals surface area contributed by atoms with Crippen LogP contribution in [0.25, 0.3) is 11.1 Å². The summed E-state index contributed by atoms with van der Waals surface area (Å²) in [6.07, 6.45) is 0. The Morgan fingerprint density at radius 3 is 2.41 bits per heavy atom. The third-order valence-corrected chi connectivity index (χ3v) is 4.76. The Balaban J connectivity index is 0.00000126. The minimum absolute atomic E-state index is 0.0166. The maximum Gasteiger partial charge on any atom is 0.339 e. The van der Waals surface area contributed by atoms with Gasteiger partial charge in [0.15, 0.2) is 0 Å². The second-order valence-corrected chi connectivity index (χ2v) is 6.76. The number of aromatic nitrogens is 1. The predicted octanol–water partition coefficient (Wildman–Crippen LogP) is 5.69. The summed E-state index contributed by atoms with van der Waals surface area (Å²) in [6.45, 7) is 4.00. The minimum atomic E-state index is -1.17. The van der Waals surface area contributed by atoms with Gasteiger partial charge in [-0.3, -0.25) is 4.79 Å². The van der Waals surface area contributed by atoms with Crippen molar-refractivity contribution in [3.8, 4) is 11.1 Å². The zero-order valence-corrected chi connectivity index (χ0v) is 16.9. The summed E-state index contributed by atoms with van der Waals surface area (Å²) in [7, 11) is 0. The zero-order chi connectivity index (χ0) is 20.0. The van der Waals surface area contributed by atoms with Gasteiger partial charge in [0.2, 0.25) is 5.95 Å². The van der Waals surface area contributed by atoms with Gasteiger partial charge in [0.1, 0.15) is 16.3 Å². The molecule has 0 aliphatic carbocycles. The predicted molar refractivity (Wildman–Crippen MR) is 108 cm³/mol. The van der Waals surface area contributed by atoms with Crippen molar-refractivity contribution in [2.45, 2.75) is 13.8 Å². The molecule has 0 saturated heterocycles. The van der Waals surface area contributed by atoms with Gasteiger partial charge in [-0.05, 0) is 29.8 Å². The molecule has 0 radical (unpaired) electrons. The summed E-state index contributed by atoms with van der Waals surface area (Å²) in [6, 6.07) is 11.0. The molecule has 140 valence electrons. The van der Waals surface area contributed by atoms with Gasteiger partial charge in [0.25, 0.3) is 5.91 Å². The molecule has 0 atom stereocenters. The number of carboxylic acids is 1. The van der Waals surface area contributed by atoms with Crippen LogP contribution in [0, 0.1) is 5.95 Å². The Morgan fingerprint density at radius 2 is 1.81 bits per heavy atom. The molecule has 1 amide bonds. The normalized spacial score (nSPS) is 9.93. The van der Waals surface area contributed by atoms with Crippen LogP contribution in [0.3, 0.4) is 0 Å². The number of pyridine rings is 1. The van der Waals surface area contributed by atoms with Gasteiger partial charge in [0.05, 0.1) is 0 Å². The molecular weight excluding hydrogens is 435 g/mol. The average Bonchev–Trinajstić information content (AvgIpc) is 3.08. The van der Waals surface area contributed by atoms with E-state index in [1.54, 1.807) is 29.6 Å². The van der Waals surface area contributed by atoms with Gasteiger partial charge in [0, 0.05) is 15.4 Å². The number of benzene rings is 1. The van der Waals surface area contributed by atoms with Crippen LogP contribution >= 0.6 is 27.3 Å². The first-order chi connectivity index (χ1) is 13.0. The molecule has 8 heteroatoms. The number of hydrogen-bond acceptors (Lipinski definition) is 4. The number of carbonyl (C=O) groups is 2. The molecule has 0 unspecified atom stereocenters. The summed E-state index contributed by atoms with van der Waals surface area (Å²) in [5.74, 6) is -2.62. The fraction of sp³-hybridized carbons (Fsp3) is 0.105. The lowest BCUT2D eigenvalue weighted by atomic mass is 10.0. The number of rotatable bonds is 4. The van der Waals surface area contributed by atoms with Gasteiger partial charge >= 0.3 is 5.97 Å². The summed E-state index contributed by atoms with van der Waals surface area (Å²) in [4.78, 5) is 27.4. The number of thiophene rings is 1. The summed E-state index contributed by atoms with van der Waals surface area (Å²) < 4.78 is 14.0. The molecular formula is C19H16BrFN2O3S. The molecule has 0 aliphatic rings. The van der Waals surface area contributed by atoms with Crippen LogP contribution < -0.4 is 5.32 Å². The Hall–Kier alpha value is -2.58. The molecule has 3 aromatic rings. The summed E-state index contributed by atoms with van der Waals surface area (Å²) in [5, 5.41) is 13.9. The number of anilines is 1. The molecule has 0 saturated carbocycles. The van der Waals surface area contributed by atoms with Crippen LogP contribution in [-0.4, -0.2) is 22.0 Å². The largest absolute Gasteiger partial charge is 0.478 e. The Labute approximate surface area is 168 Å². The summed E-state index contributed by atoms with van der Waals surface area (Å²) >= 11 is 4.41. The number of aromatic carboxylic acids is 1. The molecule has 0 aliphatic heterocycles. The van der Waals surface area contributed by atoms with Crippen molar-refractivity contribution in [2.24, 2.45) is 0 Å². The zero-order valence-electron chi connectivity index (χ0n) is 14.5. The van der Waals surface area contributed by atoms with E-state index in [2.05, 4.69) is 26.2 Å². The highest BCUT2D eigenvalue weighted by Crippen LogP contribution is 2.36. The number of nitrogens with one attached hydrogen (secondary N) is 1. The maximum absolute atomic E-state index is 13.1. The van der Waals surface area contributed by atoms with Crippen molar-refractivity contribution in [3.63, 3.8) is 0 Å². The van der Waals surface area contributed by atoms with Crippen LogP contribution in [0.1, 0.15) is 34.7 Å². The van der Waals surface area contributed by atoms with Crippen LogP contribution in [0.15, 0.2) is 52.3 Å². The highest BCUT2D eigenvalue weighted by atomic mass is 79.9. The topological polar surface area (TPSA) is 79.3 Å². The van der Waals surface area contributed by atoms with Crippen LogP contribution in [0.2, 0.25) is 0 Å². The van der Waals surface area contributed by atoms with Gasteiger partial charge in [-0.2, -0.15) is 4.39 Å². The monoisotopic (exact) mass is 450 g/mol. The van der Waals surface area contributed by atoms with Crippen molar-refractivity contribution in [1.29, 1.82) is 0 Å². The van der Waals surface area contributed by atoms with Gasteiger partial charge < -0.3 is 10.4 Å². The Morgan fingerprint density at radius 1 is 1.15 bits per heavy atom. The van der Waals surface area contributed by atoms with E-state index in [1.807, 2.05) is 13.8 Å². The number of nitrogens with zero attached hydrogens (tertiary/aromatic N) is 1. The van der Waals surface area contributed by atoms with Crippen molar-refractivity contribution < 1.29 is 19.1 Å². The SMILES string of the molecule is CC.O=C(Nc1scc(-c2ccc(Br)cc2)c1C(=O)O)c1cccc(F)n1. The molecule has 0 spiro atoms. The molecule has 0 bridgehead atoms. The number of halogens is 2. The van der Waals surface area contributed by atoms with E-state index in [-0.39, 0.29) is 16.3 Å². The van der Waals surface area contributed by atoms with Gasteiger partial charge in [-0.25, -0.2) is 9.78 Å². The first-order valence-electron chi connectivity index (χ1n) is 8.00. The summed E-state index contributed by atoms with van der Waals surface area (Å²) in [5.41, 5.74) is 1.06. The number of hydrogen-bond donors (Lipinski definition) is 2. The lowest BCUT2D eigenvalue weighted by molar-refractivity contribution is 0.0699. The standard InChI is InChI=1S/C17H10BrFN2O3S.C2H6/c18-10-6-4-9(5-7-10)11-8-25-16(14(11)17(23)24)21-15(22)12-2-1-3-13(19)20-12;1-2/h1-8H,(H,21,22)(H,23,24);1-2H3. The number of carboxylic acid groups (broad SMARTS) is 1. The molecule has 2 N–H and O–H groups in total. The first-order valence-corrected chi connectivity index (χ1v) is 9.67. The molecule has 2 aromatic heterocycles. The van der Waals surface area contributed by atoms with E-state index < -0.39 is 17.8 Å². The molecule has 3 rings (SSSR count). The van der Waals surface area contributed by atoms with E-state index in [1.165, 1.54) is 12.1 Å². The third-order valence-electron chi connectivity index (χ3n) is 3.33. The molecule has 0 fully saturated rings. The second kappa shape index (κ2) is 9.38. The molecule has 2 heterocycles. The lowest BCUT2D eigenvalue weighted by Crippen LogP contribution is -2.15. The van der Waals surface area contributed by atoms with Crippen LogP contribution in [-0.2, 0) is 0 Å². The van der Waals surface area contributed by atoms with Crippen molar-refractivity contribution >= 4 is 44.1 Å². The van der Waals surface area contributed by atoms with E-state index in [9.17, 15) is 19.1 Å². The highest BCUT2D eigenvalue weighted by molar-refractivity contribution is 9.10. The molecule has 1 aromatic carbocycles. The molecule has 5 nitrogen and oxygen atoms in total.